The molecule has 0 bridgehead atoms. The van der Waals surface area contributed by atoms with Crippen molar-refractivity contribution in [2.75, 3.05) is 26.9 Å². The van der Waals surface area contributed by atoms with E-state index < -0.39 is 4.92 Å². The summed E-state index contributed by atoms with van der Waals surface area (Å²) >= 11 is 6.47. The van der Waals surface area contributed by atoms with Gasteiger partial charge in [0.25, 0.3) is 0 Å². The van der Waals surface area contributed by atoms with Crippen LogP contribution in [0.25, 0.3) is 0 Å². The smallest absolute Gasteiger partial charge is 0.311 e. The molecule has 6 nitrogen and oxygen atoms in total. The second kappa shape index (κ2) is 8.69. The molecular formula is C20H23ClN2O4. The fourth-order valence-corrected chi connectivity index (χ4v) is 3.97. The molecule has 7 heteroatoms. The van der Waals surface area contributed by atoms with Crippen LogP contribution in [-0.4, -0.2) is 31.8 Å². The number of hydrogen-bond donors (Lipinski definition) is 1. The lowest BCUT2D eigenvalue weighted by Gasteiger charge is -2.38. The summed E-state index contributed by atoms with van der Waals surface area (Å²) in [5, 5.41) is 15.4. The molecule has 1 aliphatic rings. The predicted molar refractivity (Wildman–Crippen MR) is 105 cm³/mol. The first-order valence-electron chi connectivity index (χ1n) is 8.90. The first-order valence-corrected chi connectivity index (χ1v) is 9.28. The van der Waals surface area contributed by atoms with E-state index in [2.05, 4.69) is 11.4 Å². The van der Waals surface area contributed by atoms with Gasteiger partial charge in [-0.3, -0.25) is 10.1 Å². The zero-order valence-electron chi connectivity index (χ0n) is 15.2. The number of benzene rings is 2. The van der Waals surface area contributed by atoms with Gasteiger partial charge in [0.1, 0.15) is 0 Å². The van der Waals surface area contributed by atoms with Gasteiger partial charge in [0, 0.05) is 42.8 Å². The molecule has 1 aliphatic heterocycles. The van der Waals surface area contributed by atoms with E-state index >= 15 is 0 Å². The van der Waals surface area contributed by atoms with Crippen molar-refractivity contribution in [2.45, 2.75) is 24.8 Å². The first-order chi connectivity index (χ1) is 13.1. The lowest BCUT2D eigenvalue weighted by molar-refractivity contribution is -0.385. The van der Waals surface area contributed by atoms with Crippen molar-refractivity contribution in [2.24, 2.45) is 0 Å². The van der Waals surface area contributed by atoms with E-state index in [0.29, 0.717) is 19.8 Å². The Hall–Kier alpha value is -2.15. The van der Waals surface area contributed by atoms with Crippen LogP contribution in [0.3, 0.4) is 0 Å². The Labute approximate surface area is 163 Å². The van der Waals surface area contributed by atoms with Gasteiger partial charge in [-0.1, -0.05) is 35.9 Å². The van der Waals surface area contributed by atoms with E-state index in [0.717, 1.165) is 35.5 Å². The maximum absolute atomic E-state index is 11.2. The topological polar surface area (TPSA) is 73.6 Å². The van der Waals surface area contributed by atoms with Gasteiger partial charge in [-0.15, -0.1) is 0 Å². The van der Waals surface area contributed by atoms with E-state index in [1.54, 1.807) is 12.1 Å². The van der Waals surface area contributed by atoms with Crippen LogP contribution in [0, 0.1) is 10.1 Å². The minimum atomic E-state index is -0.425. The van der Waals surface area contributed by atoms with E-state index in [9.17, 15) is 10.1 Å². The van der Waals surface area contributed by atoms with Crippen LogP contribution in [-0.2, 0) is 16.7 Å². The van der Waals surface area contributed by atoms with Crippen LogP contribution in [0.15, 0.2) is 42.5 Å². The molecule has 27 heavy (non-hydrogen) atoms. The highest BCUT2D eigenvalue weighted by atomic mass is 35.5. The zero-order valence-corrected chi connectivity index (χ0v) is 16.0. The third-order valence-corrected chi connectivity index (χ3v) is 5.46. The van der Waals surface area contributed by atoms with Crippen molar-refractivity contribution < 1.29 is 14.4 Å². The van der Waals surface area contributed by atoms with Gasteiger partial charge in [-0.2, -0.15) is 0 Å². The highest BCUT2D eigenvalue weighted by Gasteiger charge is 2.35. The van der Waals surface area contributed by atoms with Gasteiger partial charge in [0.15, 0.2) is 5.75 Å². The largest absolute Gasteiger partial charge is 0.490 e. The van der Waals surface area contributed by atoms with Crippen molar-refractivity contribution in [3.8, 4) is 5.75 Å². The number of ether oxygens (including phenoxy) is 2. The Morgan fingerprint density at radius 2 is 2.00 bits per heavy atom. The number of nitrogens with zero attached hydrogens (tertiary/aromatic N) is 1. The number of hydrogen-bond acceptors (Lipinski definition) is 5. The predicted octanol–water partition coefficient (Wildman–Crippen LogP) is 4.09. The van der Waals surface area contributed by atoms with Crippen molar-refractivity contribution in [3.05, 3.63) is 68.7 Å². The molecule has 0 radical (unpaired) electrons. The Morgan fingerprint density at radius 1 is 1.26 bits per heavy atom. The van der Waals surface area contributed by atoms with E-state index in [-0.39, 0.29) is 16.9 Å². The second-order valence-corrected chi connectivity index (χ2v) is 7.15. The summed E-state index contributed by atoms with van der Waals surface area (Å²) in [7, 11) is 1.43. The van der Waals surface area contributed by atoms with Gasteiger partial charge in [0.2, 0.25) is 0 Å². The zero-order chi connectivity index (χ0) is 19.3. The van der Waals surface area contributed by atoms with Crippen LogP contribution in [0.1, 0.15) is 24.0 Å². The van der Waals surface area contributed by atoms with E-state index in [4.69, 9.17) is 21.1 Å². The normalized spacial score (nSPS) is 16.1. The third kappa shape index (κ3) is 4.40. The molecule has 2 aromatic rings. The van der Waals surface area contributed by atoms with Crippen molar-refractivity contribution in [1.29, 1.82) is 0 Å². The molecule has 0 aliphatic carbocycles. The lowest BCUT2D eigenvalue weighted by atomic mass is 9.74. The van der Waals surface area contributed by atoms with Gasteiger partial charge >= 0.3 is 5.69 Å². The minimum Gasteiger partial charge on any atom is -0.490 e. The molecule has 0 saturated carbocycles. The Morgan fingerprint density at radius 3 is 2.67 bits per heavy atom. The fourth-order valence-electron chi connectivity index (χ4n) is 3.63. The van der Waals surface area contributed by atoms with Gasteiger partial charge in [-0.05, 0) is 36.1 Å². The minimum absolute atomic E-state index is 0.0244. The van der Waals surface area contributed by atoms with Crippen LogP contribution in [0.5, 0.6) is 5.75 Å². The standard InChI is InChI=1S/C20H23ClN2O4/c1-26-19-7-6-15(12-18(19)23(24)25)13-22-14-20(8-10-27-11-9-20)16-4-2-3-5-17(16)21/h2-7,12,22H,8-11,13-14H2,1H3. The number of rotatable bonds is 7. The van der Waals surface area contributed by atoms with Crippen molar-refractivity contribution in [3.63, 3.8) is 0 Å². The van der Waals surface area contributed by atoms with Gasteiger partial charge in [-0.25, -0.2) is 0 Å². The quantitative estimate of drug-likeness (QED) is 0.569. The first kappa shape index (κ1) is 19.6. The van der Waals surface area contributed by atoms with Crippen LogP contribution in [0.4, 0.5) is 5.69 Å². The van der Waals surface area contributed by atoms with E-state index in [1.807, 2.05) is 24.3 Å². The highest BCUT2D eigenvalue weighted by molar-refractivity contribution is 6.31. The van der Waals surface area contributed by atoms with E-state index in [1.165, 1.54) is 7.11 Å². The monoisotopic (exact) mass is 390 g/mol. The summed E-state index contributed by atoms with van der Waals surface area (Å²) in [6.45, 7) is 2.64. The maximum atomic E-state index is 11.2. The number of nitro groups is 1. The van der Waals surface area contributed by atoms with Crippen LogP contribution >= 0.6 is 11.6 Å². The summed E-state index contributed by atoms with van der Waals surface area (Å²) in [6, 6.07) is 13.0. The molecule has 0 aromatic heterocycles. The summed E-state index contributed by atoms with van der Waals surface area (Å²) in [4.78, 5) is 10.8. The molecule has 1 saturated heterocycles. The molecule has 0 amide bonds. The fraction of sp³-hybridized carbons (Fsp3) is 0.400. The van der Waals surface area contributed by atoms with Crippen LogP contribution < -0.4 is 10.1 Å². The Balaban J connectivity index is 1.75. The molecule has 1 heterocycles. The average molecular weight is 391 g/mol. The molecule has 0 atom stereocenters. The molecule has 0 spiro atoms. The summed E-state index contributed by atoms with van der Waals surface area (Å²) in [5.74, 6) is 0.265. The highest BCUT2D eigenvalue weighted by Crippen LogP contribution is 2.38. The lowest BCUT2D eigenvalue weighted by Crippen LogP contribution is -2.42. The average Bonchev–Trinajstić information content (AvgIpc) is 2.69. The number of methoxy groups -OCH3 is 1. The molecule has 3 rings (SSSR count). The number of nitro benzene ring substituents is 1. The van der Waals surface area contributed by atoms with Gasteiger partial charge < -0.3 is 14.8 Å². The van der Waals surface area contributed by atoms with Crippen molar-refractivity contribution in [1.82, 2.24) is 5.32 Å². The molecular weight excluding hydrogens is 368 g/mol. The number of nitrogens with one attached hydrogen (secondary N) is 1. The summed E-state index contributed by atoms with van der Waals surface area (Å²) in [5.41, 5.74) is 1.84. The van der Waals surface area contributed by atoms with Crippen LogP contribution in [0.2, 0.25) is 5.02 Å². The van der Waals surface area contributed by atoms with Gasteiger partial charge in [0.05, 0.1) is 12.0 Å². The maximum Gasteiger partial charge on any atom is 0.311 e. The molecule has 144 valence electrons. The molecule has 2 aromatic carbocycles. The second-order valence-electron chi connectivity index (χ2n) is 6.74. The Bertz CT molecular complexity index is 806. The summed E-state index contributed by atoms with van der Waals surface area (Å²) < 4.78 is 10.6. The molecule has 0 unspecified atom stereocenters. The molecule has 1 fully saturated rings. The Kier molecular flexibility index (Phi) is 6.31. The SMILES string of the molecule is COc1ccc(CNCC2(c3ccccc3Cl)CCOCC2)cc1[N+](=O)[O-]. The molecule has 1 N–H and O–H groups in total. The van der Waals surface area contributed by atoms with Crippen molar-refractivity contribution >= 4 is 17.3 Å². The number of halogens is 1. The third-order valence-electron chi connectivity index (χ3n) is 5.13. The summed E-state index contributed by atoms with van der Waals surface area (Å²) in [6.07, 6.45) is 1.76.